The van der Waals surface area contributed by atoms with E-state index in [1.165, 1.54) is 6.20 Å². The van der Waals surface area contributed by atoms with Gasteiger partial charge in [0.25, 0.3) is 11.5 Å². The second kappa shape index (κ2) is 9.64. The maximum absolute atomic E-state index is 12.8. The van der Waals surface area contributed by atoms with Gasteiger partial charge in [-0.25, -0.2) is 0 Å². The number of ether oxygens (including phenoxy) is 1. The number of pyridine rings is 1. The summed E-state index contributed by atoms with van der Waals surface area (Å²) in [4.78, 5) is 29.0. The van der Waals surface area contributed by atoms with E-state index in [0.29, 0.717) is 29.7 Å². The summed E-state index contributed by atoms with van der Waals surface area (Å²) in [6.07, 6.45) is 3.00. The number of nitrogens with zero attached hydrogens (tertiary/aromatic N) is 1. The molecule has 0 aliphatic rings. The Labute approximate surface area is 162 Å². The van der Waals surface area contributed by atoms with Crippen molar-refractivity contribution in [2.24, 2.45) is 0 Å². The molecule has 0 saturated heterocycles. The second-order valence-electron chi connectivity index (χ2n) is 5.72. The van der Waals surface area contributed by atoms with Crippen molar-refractivity contribution in [3.05, 3.63) is 62.0 Å². The number of benzene rings is 1. The fourth-order valence-corrected chi connectivity index (χ4v) is 2.98. The number of aromatic nitrogens is 1. The van der Waals surface area contributed by atoms with Crippen LogP contribution in [0.3, 0.4) is 0 Å². The molecule has 0 radical (unpaired) electrons. The molecule has 26 heavy (non-hydrogen) atoms. The molecule has 0 unspecified atom stereocenters. The summed E-state index contributed by atoms with van der Waals surface area (Å²) in [6.45, 7) is 5.10. The molecule has 1 aromatic heterocycles. The van der Waals surface area contributed by atoms with Gasteiger partial charge in [-0.2, -0.15) is 0 Å². The number of aryl methyl sites for hydroxylation is 1. The van der Waals surface area contributed by atoms with Gasteiger partial charge in [0.15, 0.2) is 5.75 Å². The summed E-state index contributed by atoms with van der Waals surface area (Å²) in [5.41, 5.74) is 0.950. The predicted octanol–water partition coefficient (Wildman–Crippen LogP) is 4.18. The normalized spacial score (nSPS) is 10.6. The van der Waals surface area contributed by atoms with E-state index < -0.39 is 5.56 Å². The Balaban J connectivity index is 2.06. The molecule has 0 aliphatic heterocycles. The fraction of sp³-hybridized carbons (Fsp3) is 0.368. The SMILES string of the molecule is CCOc1c(C(=O)N(CC)CCCc2ccc(Cl)c(Cl)c2)cc[nH]c1=O. The van der Waals surface area contributed by atoms with Crippen molar-refractivity contribution in [1.29, 1.82) is 0 Å². The first-order valence-corrected chi connectivity index (χ1v) is 9.31. The van der Waals surface area contributed by atoms with Crippen molar-refractivity contribution in [2.45, 2.75) is 26.7 Å². The van der Waals surface area contributed by atoms with E-state index in [9.17, 15) is 9.59 Å². The molecule has 7 heteroatoms. The van der Waals surface area contributed by atoms with Gasteiger partial charge < -0.3 is 14.6 Å². The first-order valence-electron chi connectivity index (χ1n) is 8.55. The second-order valence-corrected chi connectivity index (χ2v) is 6.53. The lowest BCUT2D eigenvalue weighted by Crippen LogP contribution is -2.33. The third-order valence-corrected chi connectivity index (χ3v) is 4.72. The van der Waals surface area contributed by atoms with Gasteiger partial charge in [0.1, 0.15) is 0 Å². The van der Waals surface area contributed by atoms with Crippen LogP contribution in [0.25, 0.3) is 0 Å². The smallest absolute Gasteiger partial charge is 0.291 e. The Hall–Kier alpha value is -1.98. The van der Waals surface area contributed by atoms with Gasteiger partial charge in [-0.3, -0.25) is 9.59 Å². The zero-order valence-corrected chi connectivity index (χ0v) is 16.4. The Kier molecular flexibility index (Phi) is 7.54. The molecule has 140 valence electrons. The molecule has 1 aromatic carbocycles. The average Bonchev–Trinajstić information content (AvgIpc) is 2.63. The molecular formula is C19H22Cl2N2O3. The summed E-state index contributed by atoms with van der Waals surface area (Å²) < 4.78 is 5.36. The summed E-state index contributed by atoms with van der Waals surface area (Å²) in [5, 5.41) is 1.05. The Morgan fingerprint density at radius 1 is 1.19 bits per heavy atom. The molecule has 0 aliphatic carbocycles. The molecular weight excluding hydrogens is 375 g/mol. The lowest BCUT2D eigenvalue weighted by atomic mass is 10.1. The van der Waals surface area contributed by atoms with Crippen LogP contribution in [-0.4, -0.2) is 35.5 Å². The van der Waals surface area contributed by atoms with Gasteiger partial charge >= 0.3 is 0 Å². The van der Waals surface area contributed by atoms with Crippen LogP contribution >= 0.6 is 23.2 Å². The Morgan fingerprint density at radius 3 is 2.62 bits per heavy atom. The molecule has 5 nitrogen and oxygen atoms in total. The Morgan fingerprint density at radius 2 is 1.96 bits per heavy atom. The van der Waals surface area contributed by atoms with E-state index in [2.05, 4.69) is 4.98 Å². The van der Waals surface area contributed by atoms with E-state index >= 15 is 0 Å². The largest absolute Gasteiger partial charge is 0.488 e. The number of halogens is 2. The topological polar surface area (TPSA) is 62.4 Å². The minimum atomic E-state index is -0.399. The van der Waals surface area contributed by atoms with Crippen LogP contribution in [0.2, 0.25) is 10.0 Å². The monoisotopic (exact) mass is 396 g/mol. The third kappa shape index (κ3) is 5.02. The maximum atomic E-state index is 12.8. The van der Waals surface area contributed by atoms with E-state index in [0.717, 1.165) is 18.4 Å². The van der Waals surface area contributed by atoms with Gasteiger partial charge in [-0.05, 0) is 50.5 Å². The van der Waals surface area contributed by atoms with Crippen molar-refractivity contribution in [3.63, 3.8) is 0 Å². The van der Waals surface area contributed by atoms with E-state index in [1.54, 1.807) is 24.0 Å². The maximum Gasteiger partial charge on any atom is 0.291 e. The van der Waals surface area contributed by atoms with Crippen molar-refractivity contribution < 1.29 is 9.53 Å². The van der Waals surface area contributed by atoms with Gasteiger partial charge in [0.05, 0.1) is 22.2 Å². The fourth-order valence-electron chi connectivity index (χ4n) is 2.66. The third-order valence-electron chi connectivity index (χ3n) is 3.98. The molecule has 0 atom stereocenters. The van der Waals surface area contributed by atoms with Gasteiger partial charge in [-0.15, -0.1) is 0 Å². The van der Waals surface area contributed by atoms with E-state index in [-0.39, 0.29) is 17.2 Å². The standard InChI is InChI=1S/C19H22Cl2N2O3/c1-3-23(11-5-6-13-7-8-15(20)16(21)12-13)19(25)14-9-10-22-18(24)17(14)26-4-2/h7-10,12H,3-6,11H2,1-2H3,(H,22,24). The number of nitrogens with one attached hydrogen (secondary N) is 1. The van der Waals surface area contributed by atoms with Crippen molar-refractivity contribution in [2.75, 3.05) is 19.7 Å². The molecule has 0 bridgehead atoms. The van der Waals surface area contributed by atoms with Crippen LogP contribution in [-0.2, 0) is 6.42 Å². The number of hydrogen-bond acceptors (Lipinski definition) is 3. The number of aromatic amines is 1. The van der Waals surface area contributed by atoms with E-state index in [4.69, 9.17) is 27.9 Å². The number of carbonyl (C=O) groups excluding carboxylic acids is 1. The zero-order valence-electron chi connectivity index (χ0n) is 14.9. The summed E-state index contributed by atoms with van der Waals surface area (Å²) in [5.74, 6) is -0.140. The highest BCUT2D eigenvalue weighted by molar-refractivity contribution is 6.42. The van der Waals surface area contributed by atoms with Crippen molar-refractivity contribution in [1.82, 2.24) is 9.88 Å². The first-order chi connectivity index (χ1) is 12.5. The number of hydrogen-bond donors (Lipinski definition) is 1. The summed E-state index contributed by atoms with van der Waals surface area (Å²) in [7, 11) is 0. The van der Waals surface area contributed by atoms with Crippen LogP contribution in [0.1, 0.15) is 36.2 Å². The number of amides is 1. The van der Waals surface area contributed by atoms with Crippen LogP contribution in [0.5, 0.6) is 5.75 Å². The zero-order chi connectivity index (χ0) is 19.1. The lowest BCUT2D eigenvalue weighted by Gasteiger charge is -2.22. The molecule has 1 amide bonds. The van der Waals surface area contributed by atoms with Gasteiger partial charge in [0.2, 0.25) is 0 Å². The number of rotatable bonds is 8. The first kappa shape index (κ1) is 20.3. The molecule has 0 fully saturated rings. The molecule has 2 rings (SSSR count). The van der Waals surface area contributed by atoms with Gasteiger partial charge in [-0.1, -0.05) is 29.3 Å². The van der Waals surface area contributed by atoms with Crippen LogP contribution in [0, 0.1) is 0 Å². The molecule has 0 spiro atoms. The quantitative estimate of drug-likeness (QED) is 0.727. The Bertz CT molecular complexity index is 821. The molecule has 1 N–H and O–H groups in total. The average molecular weight is 397 g/mol. The van der Waals surface area contributed by atoms with Crippen molar-refractivity contribution in [3.8, 4) is 5.75 Å². The predicted molar refractivity (Wildman–Crippen MR) is 105 cm³/mol. The highest BCUT2D eigenvalue weighted by Gasteiger charge is 2.20. The van der Waals surface area contributed by atoms with Gasteiger partial charge in [0, 0.05) is 19.3 Å². The minimum absolute atomic E-state index is 0.0722. The van der Waals surface area contributed by atoms with Crippen molar-refractivity contribution >= 4 is 29.1 Å². The molecule has 1 heterocycles. The highest BCUT2D eigenvalue weighted by Crippen LogP contribution is 2.23. The van der Waals surface area contributed by atoms with Crippen LogP contribution in [0.4, 0.5) is 0 Å². The van der Waals surface area contributed by atoms with Crippen LogP contribution in [0.15, 0.2) is 35.3 Å². The number of carbonyl (C=O) groups is 1. The molecule has 2 aromatic rings. The summed E-state index contributed by atoms with van der Waals surface area (Å²) in [6, 6.07) is 7.12. The lowest BCUT2D eigenvalue weighted by molar-refractivity contribution is 0.0758. The van der Waals surface area contributed by atoms with E-state index in [1.807, 2.05) is 19.1 Å². The minimum Gasteiger partial charge on any atom is -0.488 e. The van der Waals surface area contributed by atoms with Crippen LogP contribution < -0.4 is 10.3 Å². The summed E-state index contributed by atoms with van der Waals surface area (Å²) >= 11 is 12.0. The highest BCUT2D eigenvalue weighted by atomic mass is 35.5. The molecule has 0 saturated carbocycles. The number of H-pyrrole nitrogens is 1.